The maximum absolute atomic E-state index is 12.7. The van der Waals surface area contributed by atoms with Gasteiger partial charge in [-0.1, -0.05) is 30.1 Å². The lowest BCUT2D eigenvalue weighted by Gasteiger charge is -2.04. The fourth-order valence-electron chi connectivity index (χ4n) is 3.53. The summed E-state index contributed by atoms with van der Waals surface area (Å²) in [7, 11) is 0. The van der Waals surface area contributed by atoms with E-state index in [2.05, 4.69) is 33.2 Å². The normalized spacial score (nSPS) is 11.2. The van der Waals surface area contributed by atoms with Crippen LogP contribution in [0.15, 0.2) is 80.0 Å². The Labute approximate surface area is 213 Å². The summed E-state index contributed by atoms with van der Waals surface area (Å²) in [5, 5.41) is 3.70. The molecule has 0 atom stereocenters. The summed E-state index contributed by atoms with van der Waals surface area (Å²) >= 11 is 15.6. The van der Waals surface area contributed by atoms with Gasteiger partial charge in [-0.3, -0.25) is 4.79 Å². The van der Waals surface area contributed by atoms with Crippen LogP contribution in [0.4, 0.5) is 5.69 Å². The number of carbonyl (C=O) groups is 1. The molecule has 0 bridgehead atoms. The van der Waals surface area contributed by atoms with Crippen molar-refractivity contribution in [3.8, 4) is 22.8 Å². The van der Waals surface area contributed by atoms with Crippen molar-refractivity contribution >= 4 is 61.8 Å². The minimum atomic E-state index is -0.364. The van der Waals surface area contributed by atoms with Crippen molar-refractivity contribution in [2.24, 2.45) is 0 Å². The molecule has 5 rings (SSSR count). The highest BCUT2D eigenvalue weighted by Crippen LogP contribution is 2.32. The molecule has 1 N–H and O–H groups in total. The van der Waals surface area contributed by atoms with Gasteiger partial charge in [-0.2, -0.15) is 0 Å². The van der Waals surface area contributed by atoms with Gasteiger partial charge in [0.1, 0.15) is 11.3 Å². The fraction of sp³-hybridized carbons (Fsp3) is 0.0769. The second-order valence-electron chi connectivity index (χ2n) is 7.62. The maximum atomic E-state index is 12.7. The first-order valence-corrected chi connectivity index (χ1v) is 12.0. The molecule has 0 fully saturated rings. The molecule has 0 radical (unpaired) electrons. The highest BCUT2D eigenvalue weighted by molar-refractivity contribution is 9.10. The molecule has 0 saturated carbocycles. The number of aryl methyl sites for hydroxylation is 1. The van der Waals surface area contributed by atoms with Gasteiger partial charge in [-0.25, -0.2) is 4.98 Å². The van der Waals surface area contributed by atoms with Gasteiger partial charge in [0.25, 0.3) is 5.91 Å². The van der Waals surface area contributed by atoms with Crippen LogP contribution in [0, 0.1) is 0 Å². The predicted molar refractivity (Wildman–Crippen MR) is 139 cm³/mol. The summed E-state index contributed by atoms with van der Waals surface area (Å²) in [4.78, 5) is 17.3. The van der Waals surface area contributed by atoms with Crippen molar-refractivity contribution in [1.29, 1.82) is 0 Å². The molecule has 170 valence electrons. The third-order valence-electron chi connectivity index (χ3n) is 5.34. The molecule has 0 aliphatic heterocycles. The number of hydrogen-bond acceptors (Lipinski definition) is 4. The molecule has 2 heterocycles. The minimum absolute atomic E-state index is 0.181. The number of fused-ring (bicyclic) bond motifs is 1. The predicted octanol–water partition coefficient (Wildman–Crippen LogP) is 8.64. The lowest BCUT2D eigenvalue weighted by Crippen LogP contribution is -2.10. The molecule has 0 saturated heterocycles. The molecule has 34 heavy (non-hydrogen) atoms. The van der Waals surface area contributed by atoms with Gasteiger partial charge in [-0.05, 0) is 94.6 Å². The van der Waals surface area contributed by atoms with E-state index in [1.54, 1.807) is 42.5 Å². The number of benzene rings is 3. The van der Waals surface area contributed by atoms with Gasteiger partial charge in [0, 0.05) is 16.8 Å². The van der Waals surface area contributed by atoms with Crippen LogP contribution in [-0.4, -0.2) is 10.9 Å². The van der Waals surface area contributed by atoms with Crippen molar-refractivity contribution < 1.29 is 13.6 Å². The Bertz CT molecular complexity index is 1520. The van der Waals surface area contributed by atoms with Crippen molar-refractivity contribution in [1.82, 2.24) is 4.98 Å². The first kappa shape index (κ1) is 22.7. The lowest BCUT2D eigenvalue weighted by molar-refractivity contribution is 0.0997. The summed E-state index contributed by atoms with van der Waals surface area (Å²) < 4.78 is 12.5. The molecule has 5 nitrogen and oxygen atoms in total. The van der Waals surface area contributed by atoms with E-state index in [0.29, 0.717) is 33.0 Å². The molecule has 8 heteroatoms. The van der Waals surface area contributed by atoms with E-state index in [4.69, 9.17) is 32.0 Å². The van der Waals surface area contributed by atoms with E-state index >= 15 is 0 Å². The Balaban J connectivity index is 1.32. The molecule has 0 aliphatic rings. The minimum Gasteiger partial charge on any atom is -0.451 e. The molecule has 0 unspecified atom stereocenters. The first-order valence-electron chi connectivity index (χ1n) is 10.5. The molecular formula is C26H17BrCl2N2O3. The Morgan fingerprint density at radius 2 is 1.71 bits per heavy atom. The van der Waals surface area contributed by atoms with Crippen LogP contribution in [0.3, 0.4) is 0 Å². The fourth-order valence-corrected chi connectivity index (χ4v) is 4.40. The zero-order chi connectivity index (χ0) is 23.8. The van der Waals surface area contributed by atoms with E-state index in [0.717, 1.165) is 27.5 Å². The summed E-state index contributed by atoms with van der Waals surface area (Å²) in [5.41, 5.74) is 4.84. The van der Waals surface area contributed by atoms with E-state index < -0.39 is 0 Å². The largest absolute Gasteiger partial charge is 0.451 e. The van der Waals surface area contributed by atoms with Crippen LogP contribution in [0.2, 0.25) is 10.0 Å². The number of hydrogen-bond donors (Lipinski definition) is 1. The number of rotatable bonds is 5. The van der Waals surface area contributed by atoms with E-state index in [-0.39, 0.29) is 11.7 Å². The van der Waals surface area contributed by atoms with Crippen molar-refractivity contribution in [2.45, 2.75) is 13.3 Å². The van der Waals surface area contributed by atoms with Gasteiger partial charge in [-0.15, -0.1) is 0 Å². The SMILES string of the molecule is CCc1cc(Br)c2oc(-c3ccc(NC(=O)c4ccc(-c5ccc(Cl)c(Cl)c5)o4)cc3)nc2c1. The molecule has 2 aromatic heterocycles. The molecular weight excluding hydrogens is 539 g/mol. The van der Waals surface area contributed by atoms with E-state index in [9.17, 15) is 4.79 Å². The summed E-state index contributed by atoms with van der Waals surface area (Å²) in [6, 6.07) is 19.8. The smallest absolute Gasteiger partial charge is 0.291 e. The maximum Gasteiger partial charge on any atom is 0.291 e. The number of nitrogens with one attached hydrogen (secondary N) is 1. The Morgan fingerprint density at radius 3 is 2.44 bits per heavy atom. The Hall–Kier alpha value is -3.06. The second kappa shape index (κ2) is 9.29. The monoisotopic (exact) mass is 554 g/mol. The highest BCUT2D eigenvalue weighted by Gasteiger charge is 2.15. The lowest BCUT2D eigenvalue weighted by atomic mass is 10.1. The van der Waals surface area contributed by atoms with Crippen molar-refractivity contribution in [3.05, 3.63) is 92.6 Å². The Kier molecular flexibility index (Phi) is 6.21. The van der Waals surface area contributed by atoms with Crippen LogP contribution < -0.4 is 5.32 Å². The van der Waals surface area contributed by atoms with Crippen LogP contribution >= 0.6 is 39.1 Å². The van der Waals surface area contributed by atoms with Crippen LogP contribution in [0.1, 0.15) is 23.0 Å². The van der Waals surface area contributed by atoms with Crippen molar-refractivity contribution in [3.63, 3.8) is 0 Å². The topological polar surface area (TPSA) is 68.3 Å². The van der Waals surface area contributed by atoms with Gasteiger partial charge in [0.2, 0.25) is 5.89 Å². The standard InChI is InChI=1S/C26H17BrCl2N2O3/c1-2-14-11-18(27)24-21(12-14)31-26(34-24)15-3-6-17(7-4-15)30-25(32)23-10-9-22(33-23)16-5-8-19(28)20(29)13-16/h3-13H,2H2,1H3,(H,30,32). The number of amides is 1. The second-order valence-corrected chi connectivity index (χ2v) is 9.29. The first-order chi connectivity index (χ1) is 16.4. The number of nitrogens with zero attached hydrogens (tertiary/aromatic N) is 1. The van der Waals surface area contributed by atoms with Crippen molar-refractivity contribution in [2.75, 3.05) is 5.32 Å². The number of anilines is 1. The third kappa shape index (κ3) is 4.49. The average Bonchev–Trinajstić information content (AvgIpc) is 3.49. The van der Waals surface area contributed by atoms with Gasteiger partial charge in [0.05, 0.1) is 14.5 Å². The summed E-state index contributed by atoms with van der Waals surface area (Å²) in [6.45, 7) is 2.10. The number of oxazole rings is 1. The number of carbonyl (C=O) groups excluding carboxylic acids is 1. The molecule has 1 amide bonds. The Morgan fingerprint density at radius 1 is 0.941 bits per heavy atom. The molecule has 0 spiro atoms. The zero-order valence-electron chi connectivity index (χ0n) is 17.9. The number of aromatic nitrogens is 1. The van der Waals surface area contributed by atoms with E-state index in [1.165, 1.54) is 5.56 Å². The van der Waals surface area contributed by atoms with Gasteiger partial charge in [0.15, 0.2) is 11.3 Å². The molecule has 5 aromatic rings. The van der Waals surface area contributed by atoms with Crippen LogP contribution in [-0.2, 0) is 6.42 Å². The highest BCUT2D eigenvalue weighted by atomic mass is 79.9. The zero-order valence-corrected chi connectivity index (χ0v) is 21.0. The van der Waals surface area contributed by atoms with Crippen LogP contribution in [0.25, 0.3) is 33.9 Å². The van der Waals surface area contributed by atoms with E-state index in [1.807, 2.05) is 24.3 Å². The van der Waals surface area contributed by atoms with Crippen LogP contribution in [0.5, 0.6) is 0 Å². The third-order valence-corrected chi connectivity index (χ3v) is 6.66. The quantitative estimate of drug-likeness (QED) is 0.235. The molecule has 0 aliphatic carbocycles. The van der Waals surface area contributed by atoms with Gasteiger partial charge >= 0.3 is 0 Å². The number of halogens is 3. The summed E-state index contributed by atoms with van der Waals surface area (Å²) in [6.07, 6.45) is 0.912. The molecule has 3 aromatic carbocycles. The van der Waals surface area contributed by atoms with Gasteiger partial charge < -0.3 is 14.2 Å². The average molecular weight is 556 g/mol. The summed E-state index contributed by atoms with van der Waals surface area (Å²) in [5.74, 6) is 0.851. The number of furan rings is 1.